The molecule has 0 bridgehead atoms. The average molecular weight is 282 g/mol. The maximum atomic E-state index is 13.2. The maximum Gasteiger partial charge on any atom is 0.316 e. The predicted octanol–water partition coefficient (Wildman–Crippen LogP) is 1.83. The van der Waals surface area contributed by atoms with Crippen molar-refractivity contribution in [1.29, 1.82) is 0 Å². The van der Waals surface area contributed by atoms with E-state index in [-0.39, 0.29) is 0 Å². The molecular formula is C13H16F2N4O. The highest BCUT2D eigenvalue weighted by Crippen LogP contribution is 2.19. The van der Waals surface area contributed by atoms with Gasteiger partial charge in [0.25, 0.3) is 0 Å². The summed E-state index contributed by atoms with van der Waals surface area (Å²) >= 11 is 0. The summed E-state index contributed by atoms with van der Waals surface area (Å²) in [6.45, 7) is 2.52. The lowest BCUT2D eigenvalue weighted by Gasteiger charge is -2.13. The van der Waals surface area contributed by atoms with Gasteiger partial charge in [0.15, 0.2) is 17.5 Å². The van der Waals surface area contributed by atoms with Crippen LogP contribution in [-0.4, -0.2) is 21.9 Å². The van der Waals surface area contributed by atoms with Crippen LogP contribution < -0.4 is 10.5 Å². The Morgan fingerprint density at radius 2 is 2.05 bits per heavy atom. The van der Waals surface area contributed by atoms with E-state index in [0.29, 0.717) is 30.4 Å². The van der Waals surface area contributed by atoms with E-state index in [1.54, 1.807) is 4.57 Å². The highest BCUT2D eigenvalue weighted by atomic mass is 19.2. The zero-order chi connectivity index (χ0) is 14.7. The minimum Gasteiger partial charge on any atom is -0.467 e. The van der Waals surface area contributed by atoms with Gasteiger partial charge in [-0.15, -0.1) is 5.10 Å². The number of rotatable bonds is 5. The summed E-state index contributed by atoms with van der Waals surface area (Å²) in [4.78, 5) is 0. The molecule has 2 N–H and O–H groups in total. The molecule has 7 heteroatoms. The number of hydrogen-bond acceptors (Lipinski definition) is 4. The molecule has 108 valence electrons. The van der Waals surface area contributed by atoms with Crippen LogP contribution in [0.2, 0.25) is 0 Å². The van der Waals surface area contributed by atoms with E-state index in [9.17, 15) is 8.78 Å². The zero-order valence-electron chi connectivity index (χ0n) is 11.3. The lowest BCUT2D eigenvalue weighted by Crippen LogP contribution is -2.19. The molecule has 0 saturated carbocycles. The van der Waals surface area contributed by atoms with E-state index in [0.717, 1.165) is 12.1 Å². The second-order valence-corrected chi connectivity index (χ2v) is 4.35. The van der Waals surface area contributed by atoms with Gasteiger partial charge in [0, 0.05) is 6.54 Å². The van der Waals surface area contributed by atoms with E-state index >= 15 is 0 Å². The summed E-state index contributed by atoms with van der Waals surface area (Å²) in [5.74, 6) is -1.21. The number of benzene rings is 1. The number of nitrogens with zero attached hydrogens (tertiary/aromatic N) is 3. The molecule has 0 fully saturated rings. The molecule has 0 amide bonds. The average Bonchev–Trinajstić information content (AvgIpc) is 2.85. The van der Waals surface area contributed by atoms with Crippen LogP contribution in [0.1, 0.15) is 24.4 Å². The Morgan fingerprint density at radius 3 is 2.65 bits per heavy atom. The third kappa shape index (κ3) is 2.77. The minimum absolute atomic E-state index is 0.332. The van der Waals surface area contributed by atoms with Crippen LogP contribution in [0.25, 0.3) is 0 Å². The molecular weight excluding hydrogens is 266 g/mol. The first-order valence-electron chi connectivity index (χ1n) is 6.23. The van der Waals surface area contributed by atoms with Crippen LogP contribution in [0, 0.1) is 11.6 Å². The monoisotopic (exact) mass is 282 g/mol. The van der Waals surface area contributed by atoms with Gasteiger partial charge in [0.05, 0.1) is 13.2 Å². The molecule has 1 aromatic heterocycles. The molecule has 0 aliphatic heterocycles. The fraction of sp³-hybridized carbons (Fsp3) is 0.385. The van der Waals surface area contributed by atoms with Gasteiger partial charge in [-0.25, -0.2) is 8.78 Å². The number of hydrogen-bond donors (Lipinski definition) is 1. The maximum absolute atomic E-state index is 13.2. The number of aromatic nitrogens is 3. The molecule has 1 heterocycles. The van der Waals surface area contributed by atoms with Gasteiger partial charge >= 0.3 is 6.01 Å². The zero-order valence-corrected chi connectivity index (χ0v) is 11.3. The molecule has 0 unspecified atom stereocenters. The molecule has 0 aliphatic rings. The Bertz CT molecular complexity index is 600. The van der Waals surface area contributed by atoms with Crippen molar-refractivity contribution in [3.8, 4) is 6.01 Å². The lowest BCUT2D eigenvalue weighted by molar-refractivity contribution is 0.354. The van der Waals surface area contributed by atoms with Crippen LogP contribution in [0.15, 0.2) is 18.2 Å². The minimum atomic E-state index is -0.885. The first-order chi connectivity index (χ1) is 9.56. The van der Waals surface area contributed by atoms with Gasteiger partial charge in [-0.2, -0.15) is 0 Å². The summed E-state index contributed by atoms with van der Waals surface area (Å²) < 4.78 is 32.9. The quantitative estimate of drug-likeness (QED) is 0.908. The molecule has 1 aromatic carbocycles. The number of methoxy groups -OCH3 is 1. The van der Waals surface area contributed by atoms with Crippen molar-refractivity contribution in [1.82, 2.24) is 14.8 Å². The van der Waals surface area contributed by atoms with Crippen LogP contribution >= 0.6 is 0 Å². The topological polar surface area (TPSA) is 66.0 Å². The van der Waals surface area contributed by atoms with Crippen molar-refractivity contribution >= 4 is 0 Å². The highest BCUT2D eigenvalue weighted by molar-refractivity contribution is 5.20. The number of halogens is 2. The van der Waals surface area contributed by atoms with Crippen LogP contribution in [0.4, 0.5) is 8.78 Å². The fourth-order valence-electron chi connectivity index (χ4n) is 2.03. The van der Waals surface area contributed by atoms with Crippen molar-refractivity contribution in [2.45, 2.75) is 25.9 Å². The van der Waals surface area contributed by atoms with E-state index in [2.05, 4.69) is 10.2 Å². The smallest absolute Gasteiger partial charge is 0.316 e. The van der Waals surface area contributed by atoms with Crippen LogP contribution in [-0.2, 0) is 13.0 Å². The molecule has 1 atom stereocenters. The van der Waals surface area contributed by atoms with Gasteiger partial charge < -0.3 is 10.5 Å². The molecule has 2 aromatic rings. The molecule has 20 heavy (non-hydrogen) atoms. The van der Waals surface area contributed by atoms with Gasteiger partial charge in [0.1, 0.15) is 0 Å². The first kappa shape index (κ1) is 14.4. The van der Waals surface area contributed by atoms with Crippen LogP contribution in [0.3, 0.4) is 0 Å². The third-order valence-corrected chi connectivity index (χ3v) is 3.02. The molecule has 0 aliphatic carbocycles. The molecule has 0 spiro atoms. The SMILES string of the molecule is CCn1c(OC)nnc1[C@H](N)Cc1ccc(F)c(F)c1. The predicted molar refractivity (Wildman–Crippen MR) is 69.2 cm³/mol. The summed E-state index contributed by atoms with van der Waals surface area (Å²) in [5.41, 5.74) is 6.66. The molecule has 2 rings (SSSR count). The normalized spacial score (nSPS) is 12.4. The van der Waals surface area contributed by atoms with Crippen molar-refractivity contribution in [3.63, 3.8) is 0 Å². The molecule has 0 saturated heterocycles. The summed E-state index contributed by atoms with van der Waals surface area (Å²) in [5, 5.41) is 7.87. The molecule has 5 nitrogen and oxygen atoms in total. The number of nitrogens with two attached hydrogens (primary N) is 1. The lowest BCUT2D eigenvalue weighted by atomic mass is 10.1. The first-order valence-corrected chi connectivity index (χ1v) is 6.23. The second-order valence-electron chi connectivity index (χ2n) is 4.35. The van der Waals surface area contributed by atoms with E-state index < -0.39 is 17.7 Å². The standard InChI is InChI=1S/C13H16F2N4O/c1-3-19-12(17-18-13(19)20-2)11(16)7-8-4-5-9(14)10(15)6-8/h4-6,11H,3,7,16H2,1-2H3/t11-/m1/s1. The molecule has 0 radical (unpaired) electrons. The van der Waals surface area contributed by atoms with Crippen LogP contribution in [0.5, 0.6) is 6.01 Å². The Hall–Kier alpha value is -2.02. The van der Waals surface area contributed by atoms with Crippen molar-refractivity contribution < 1.29 is 13.5 Å². The van der Waals surface area contributed by atoms with E-state index in [1.165, 1.54) is 13.2 Å². The van der Waals surface area contributed by atoms with E-state index in [4.69, 9.17) is 10.5 Å². The van der Waals surface area contributed by atoms with Crippen molar-refractivity contribution in [3.05, 3.63) is 41.2 Å². The highest BCUT2D eigenvalue weighted by Gasteiger charge is 2.18. The summed E-state index contributed by atoms with van der Waals surface area (Å²) in [6.07, 6.45) is 0.332. The number of ether oxygens (including phenoxy) is 1. The van der Waals surface area contributed by atoms with Crippen molar-refractivity contribution in [2.24, 2.45) is 5.73 Å². The summed E-state index contributed by atoms with van der Waals surface area (Å²) in [6, 6.07) is 3.63. The Labute approximate surface area is 115 Å². The van der Waals surface area contributed by atoms with Gasteiger partial charge in [-0.05, 0) is 31.0 Å². The fourth-order valence-corrected chi connectivity index (χ4v) is 2.03. The van der Waals surface area contributed by atoms with Gasteiger partial charge in [0.2, 0.25) is 0 Å². The van der Waals surface area contributed by atoms with Gasteiger partial charge in [-0.1, -0.05) is 11.2 Å². The largest absolute Gasteiger partial charge is 0.467 e. The van der Waals surface area contributed by atoms with Gasteiger partial charge in [-0.3, -0.25) is 4.57 Å². The van der Waals surface area contributed by atoms with Crippen molar-refractivity contribution in [2.75, 3.05) is 7.11 Å². The Morgan fingerprint density at radius 1 is 1.30 bits per heavy atom. The Kier molecular flexibility index (Phi) is 4.29. The second kappa shape index (κ2) is 5.96. The Balaban J connectivity index is 2.21. The third-order valence-electron chi connectivity index (χ3n) is 3.02. The van der Waals surface area contributed by atoms with E-state index in [1.807, 2.05) is 6.92 Å². The summed E-state index contributed by atoms with van der Waals surface area (Å²) in [7, 11) is 1.50.